The van der Waals surface area contributed by atoms with Crippen LogP contribution < -0.4 is 0 Å². The van der Waals surface area contributed by atoms with Crippen LogP contribution in [-0.2, 0) is 13.1 Å². The molecule has 3 aromatic rings. The summed E-state index contributed by atoms with van der Waals surface area (Å²) in [4.78, 5) is 13.3. The van der Waals surface area contributed by atoms with Gasteiger partial charge in [-0.2, -0.15) is 5.10 Å². The van der Waals surface area contributed by atoms with Crippen molar-refractivity contribution in [2.45, 2.75) is 25.9 Å². The molecule has 0 amide bonds. The van der Waals surface area contributed by atoms with Crippen molar-refractivity contribution in [1.29, 1.82) is 0 Å². The Hall–Kier alpha value is -3.07. The molecule has 9 heteroatoms. The first-order valence-corrected chi connectivity index (χ1v) is 9.23. The van der Waals surface area contributed by atoms with Gasteiger partial charge < -0.3 is 5.11 Å². The molecule has 0 saturated carbocycles. The third-order valence-corrected chi connectivity index (χ3v) is 4.95. The maximum absolute atomic E-state index is 13.9. The van der Waals surface area contributed by atoms with Crippen molar-refractivity contribution in [3.63, 3.8) is 0 Å². The van der Waals surface area contributed by atoms with Crippen molar-refractivity contribution in [3.8, 4) is 5.69 Å². The van der Waals surface area contributed by atoms with E-state index < -0.39 is 5.97 Å². The Morgan fingerprint density at radius 1 is 1.29 bits per heavy atom. The first-order chi connectivity index (χ1) is 13.6. The monoisotopic (exact) mass is 384 g/mol. The van der Waals surface area contributed by atoms with Crippen LogP contribution in [-0.4, -0.2) is 53.8 Å². The SMILES string of the molecule is O=C(O)c1cn(C[C@@H]2CCCN(Cc3cnn(-c4ccccc4F)c3)C2)nn1. The van der Waals surface area contributed by atoms with E-state index in [2.05, 4.69) is 20.3 Å². The molecule has 1 atom stereocenters. The largest absolute Gasteiger partial charge is 0.476 e. The van der Waals surface area contributed by atoms with Crippen molar-refractivity contribution in [3.05, 3.63) is 59.9 Å². The molecule has 1 aromatic carbocycles. The van der Waals surface area contributed by atoms with Gasteiger partial charge in [-0.1, -0.05) is 17.3 Å². The van der Waals surface area contributed by atoms with E-state index in [4.69, 9.17) is 5.11 Å². The van der Waals surface area contributed by atoms with Crippen LogP contribution in [0.1, 0.15) is 28.9 Å². The predicted molar refractivity (Wildman–Crippen MR) is 98.5 cm³/mol. The number of hydrogen-bond acceptors (Lipinski definition) is 5. The van der Waals surface area contributed by atoms with Gasteiger partial charge in [-0.25, -0.2) is 13.9 Å². The fourth-order valence-electron chi connectivity index (χ4n) is 3.66. The van der Waals surface area contributed by atoms with Crippen LogP contribution in [0.5, 0.6) is 0 Å². The Bertz CT molecular complexity index is 969. The van der Waals surface area contributed by atoms with E-state index in [0.29, 0.717) is 18.2 Å². The van der Waals surface area contributed by atoms with Crippen LogP contribution in [0, 0.1) is 11.7 Å². The highest BCUT2D eigenvalue weighted by Gasteiger charge is 2.22. The van der Waals surface area contributed by atoms with Gasteiger partial charge in [-0.3, -0.25) is 9.58 Å². The Morgan fingerprint density at radius 3 is 2.93 bits per heavy atom. The molecule has 0 aliphatic carbocycles. The second kappa shape index (κ2) is 7.89. The molecule has 3 heterocycles. The van der Waals surface area contributed by atoms with Gasteiger partial charge in [0.05, 0.1) is 12.4 Å². The smallest absolute Gasteiger partial charge is 0.358 e. The Kier molecular flexibility index (Phi) is 5.16. The van der Waals surface area contributed by atoms with Crippen LogP contribution >= 0.6 is 0 Å². The summed E-state index contributed by atoms with van der Waals surface area (Å²) in [6, 6.07) is 6.57. The zero-order chi connectivity index (χ0) is 19.5. The molecule has 1 fully saturated rings. The third kappa shape index (κ3) is 4.09. The molecule has 0 unspecified atom stereocenters. The number of nitrogens with zero attached hydrogens (tertiary/aromatic N) is 6. The van der Waals surface area contributed by atoms with E-state index in [0.717, 1.165) is 38.0 Å². The van der Waals surface area contributed by atoms with E-state index in [1.54, 1.807) is 33.8 Å². The molecule has 0 spiro atoms. The molecule has 1 saturated heterocycles. The summed E-state index contributed by atoms with van der Waals surface area (Å²) in [6.07, 6.45) is 7.23. The van der Waals surface area contributed by atoms with E-state index in [1.165, 1.54) is 12.3 Å². The average Bonchev–Trinajstić information content (AvgIpc) is 3.32. The summed E-state index contributed by atoms with van der Waals surface area (Å²) >= 11 is 0. The number of likely N-dealkylation sites (tertiary alicyclic amines) is 1. The lowest BCUT2D eigenvalue weighted by Crippen LogP contribution is -2.36. The highest BCUT2D eigenvalue weighted by molar-refractivity contribution is 5.84. The highest BCUT2D eigenvalue weighted by Crippen LogP contribution is 2.21. The van der Waals surface area contributed by atoms with Gasteiger partial charge in [0.25, 0.3) is 0 Å². The molecule has 1 aliphatic rings. The molecular weight excluding hydrogens is 363 g/mol. The summed E-state index contributed by atoms with van der Waals surface area (Å²) in [5.41, 5.74) is 1.43. The zero-order valence-corrected chi connectivity index (χ0v) is 15.3. The van der Waals surface area contributed by atoms with Crippen molar-refractivity contribution in [2.75, 3.05) is 13.1 Å². The number of halogens is 1. The highest BCUT2D eigenvalue weighted by atomic mass is 19.1. The summed E-state index contributed by atoms with van der Waals surface area (Å²) in [5.74, 6) is -0.995. The first kappa shape index (κ1) is 18.3. The standard InChI is InChI=1S/C19H21FN6O2/c20-16-5-1-2-6-18(16)26-12-15(8-21-26)10-24-7-3-4-14(9-24)11-25-13-17(19(27)28)22-23-25/h1-2,5-6,8,12-14H,3-4,7,9-11H2,(H,27,28)/t14-/m1/s1. The molecule has 146 valence electrons. The van der Waals surface area contributed by atoms with Gasteiger partial charge in [0, 0.05) is 31.4 Å². The first-order valence-electron chi connectivity index (χ1n) is 9.23. The molecule has 0 radical (unpaired) electrons. The lowest BCUT2D eigenvalue weighted by Gasteiger charge is -2.32. The van der Waals surface area contributed by atoms with Crippen LogP contribution in [0.15, 0.2) is 42.9 Å². The summed E-state index contributed by atoms with van der Waals surface area (Å²) in [7, 11) is 0. The second-order valence-corrected chi connectivity index (χ2v) is 7.12. The average molecular weight is 384 g/mol. The fraction of sp³-hybridized carbons (Fsp3) is 0.368. The normalized spacial score (nSPS) is 17.7. The van der Waals surface area contributed by atoms with Crippen molar-refractivity contribution in [2.24, 2.45) is 5.92 Å². The van der Waals surface area contributed by atoms with E-state index in [-0.39, 0.29) is 11.5 Å². The van der Waals surface area contributed by atoms with Gasteiger partial charge in [-0.05, 0) is 37.4 Å². The van der Waals surface area contributed by atoms with E-state index in [1.807, 2.05) is 6.20 Å². The number of aromatic carboxylic acids is 1. The van der Waals surface area contributed by atoms with Crippen molar-refractivity contribution in [1.82, 2.24) is 29.7 Å². The minimum absolute atomic E-state index is 0.0341. The molecular formula is C19H21FN6O2. The maximum atomic E-state index is 13.9. The van der Waals surface area contributed by atoms with E-state index >= 15 is 0 Å². The number of carboxylic acids is 1. The van der Waals surface area contributed by atoms with Crippen molar-refractivity contribution >= 4 is 5.97 Å². The maximum Gasteiger partial charge on any atom is 0.358 e. The topological polar surface area (TPSA) is 89.1 Å². The molecule has 8 nitrogen and oxygen atoms in total. The number of piperidine rings is 1. The summed E-state index contributed by atoms with van der Waals surface area (Å²) in [5, 5.41) is 20.8. The number of carbonyl (C=O) groups is 1. The molecule has 4 rings (SSSR count). The number of rotatable bonds is 6. The Morgan fingerprint density at radius 2 is 2.14 bits per heavy atom. The van der Waals surface area contributed by atoms with Gasteiger partial charge in [0.2, 0.25) is 0 Å². The second-order valence-electron chi connectivity index (χ2n) is 7.12. The van der Waals surface area contributed by atoms with Gasteiger partial charge in [0.15, 0.2) is 5.69 Å². The fourth-order valence-corrected chi connectivity index (χ4v) is 3.66. The van der Waals surface area contributed by atoms with Crippen LogP contribution in [0.2, 0.25) is 0 Å². The zero-order valence-electron chi connectivity index (χ0n) is 15.3. The Labute approximate surface area is 161 Å². The molecule has 1 aliphatic heterocycles. The lowest BCUT2D eigenvalue weighted by molar-refractivity contribution is 0.0690. The minimum atomic E-state index is -1.07. The lowest BCUT2D eigenvalue weighted by atomic mass is 9.98. The van der Waals surface area contributed by atoms with Crippen LogP contribution in [0.4, 0.5) is 4.39 Å². The van der Waals surface area contributed by atoms with Crippen LogP contribution in [0.25, 0.3) is 5.69 Å². The van der Waals surface area contributed by atoms with Gasteiger partial charge in [0.1, 0.15) is 11.5 Å². The number of benzene rings is 1. The molecule has 0 bridgehead atoms. The molecule has 1 N–H and O–H groups in total. The van der Waals surface area contributed by atoms with E-state index in [9.17, 15) is 9.18 Å². The third-order valence-electron chi connectivity index (χ3n) is 4.95. The number of para-hydroxylation sites is 1. The van der Waals surface area contributed by atoms with Crippen LogP contribution in [0.3, 0.4) is 0 Å². The van der Waals surface area contributed by atoms with Gasteiger partial charge in [-0.15, -0.1) is 5.10 Å². The van der Waals surface area contributed by atoms with Crippen molar-refractivity contribution < 1.29 is 14.3 Å². The number of carboxylic acid groups (broad SMARTS) is 1. The quantitative estimate of drug-likeness (QED) is 0.701. The predicted octanol–water partition coefficient (Wildman–Crippen LogP) is 2.21. The summed E-state index contributed by atoms with van der Waals surface area (Å²) in [6.45, 7) is 3.25. The minimum Gasteiger partial charge on any atom is -0.476 e. The summed E-state index contributed by atoms with van der Waals surface area (Å²) < 4.78 is 17.1. The molecule has 28 heavy (non-hydrogen) atoms. The number of aromatic nitrogens is 5. The van der Waals surface area contributed by atoms with Gasteiger partial charge >= 0.3 is 5.97 Å². The Balaban J connectivity index is 1.37. The molecule has 2 aromatic heterocycles. The number of hydrogen-bond donors (Lipinski definition) is 1.